The van der Waals surface area contributed by atoms with Crippen molar-refractivity contribution < 1.29 is 9.53 Å². The van der Waals surface area contributed by atoms with E-state index in [-0.39, 0.29) is 16.8 Å². The number of carbonyl (C=O) groups is 1. The van der Waals surface area contributed by atoms with E-state index in [9.17, 15) is 4.79 Å². The smallest absolute Gasteiger partial charge is 0.312 e. The number of hydrogen-bond acceptors (Lipinski definition) is 2. The van der Waals surface area contributed by atoms with Crippen LogP contribution >= 0.6 is 0 Å². The highest BCUT2D eigenvalue weighted by atomic mass is 16.5. The Kier molecular flexibility index (Phi) is 5.19. The van der Waals surface area contributed by atoms with Gasteiger partial charge in [-0.05, 0) is 117 Å². The molecule has 0 spiro atoms. The van der Waals surface area contributed by atoms with E-state index in [1.807, 2.05) is 0 Å². The van der Waals surface area contributed by atoms with Crippen molar-refractivity contribution in [2.75, 3.05) is 7.11 Å². The SMILES string of the molecule is COC(=O)C12CCC(C)(C)CC1C1=CCC3C4(C)CCC(=C(C)C)C4CCC3(C)C1(C)CC2. The minimum atomic E-state index is -0.289. The fourth-order valence-corrected chi connectivity index (χ4v) is 10.3. The first-order chi connectivity index (χ1) is 15.3. The lowest BCUT2D eigenvalue weighted by atomic mass is 9.36. The van der Waals surface area contributed by atoms with Crippen molar-refractivity contribution in [3.63, 3.8) is 0 Å². The fourth-order valence-electron chi connectivity index (χ4n) is 10.3. The predicted molar refractivity (Wildman–Crippen MR) is 136 cm³/mol. The molecule has 0 saturated heterocycles. The van der Waals surface area contributed by atoms with E-state index in [1.54, 1.807) is 23.8 Å². The highest BCUT2D eigenvalue weighted by Crippen LogP contribution is 2.75. The van der Waals surface area contributed by atoms with Gasteiger partial charge >= 0.3 is 5.97 Å². The number of hydrogen-bond donors (Lipinski definition) is 0. The molecule has 0 bridgehead atoms. The van der Waals surface area contributed by atoms with Gasteiger partial charge in [0.15, 0.2) is 0 Å². The molecule has 0 amide bonds. The summed E-state index contributed by atoms with van der Waals surface area (Å²) in [6.45, 7) is 17.4. The lowest BCUT2D eigenvalue weighted by molar-refractivity contribution is -0.173. The van der Waals surface area contributed by atoms with Crippen LogP contribution in [0.3, 0.4) is 0 Å². The van der Waals surface area contributed by atoms with Crippen LogP contribution in [-0.2, 0) is 9.53 Å². The van der Waals surface area contributed by atoms with Crippen molar-refractivity contribution in [2.45, 2.75) is 113 Å². The molecule has 5 aliphatic carbocycles. The average molecular weight is 453 g/mol. The Hall–Kier alpha value is -1.05. The molecule has 5 rings (SSSR count). The molecule has 184 valence electrons. The zero-order chi connectivity index (χ0) is 24.0. The number of carbonyl (C=O) groups excluding carboxylic acids is 1. The van der Waals surface area contributed by atoms with E-state index in [0.717, 1.165) is 43.9 Å². The van der Waals surface area contributed by atoms with Crippen molar-refractivity contribution in [1.82, 2.24) is 0 Å². The van der Waals surface area contributed by atoms with Gasteiger partial charge in [0, 0.05) is 0 Å². The Morgan fingerprint density at radius 3 is 2.30 bits per heavy atom. The number of esters is 1. The first-order valence-electron chi connectivity index (χ1n) is 13.8. The quantitative estimate of drug-likeness (QED) is 0.295. The van der Waals surface area contributed by atoms with Gasteiger partial charge in [0.2, 0.25) is 0 Å². The van der Waals surface area contributed by atoms with Crippen LogP contribution in [0.25, 0.3) is 0 Å². The molecule has 5 aliphatic rings. The number of allylic oxidation sites excluding steroid dienone is 4. The molecule has 0 N–H and O–H groups in total. The Bertz CT molecular complexity index is 919. The predicted octanol–water partition coefficient (Wildman–Crippen LogP) is 8.27. The Balaban J connectivity index is 1.60. The van der Waals surface area contributed by atoms with Crippen LogP contribution in [-0.4, -0.2) is 13.1 Å². The first-order valence-corrected chi connectivity index (χ1v) is 13.8. The molecule has 7 atom stereocenters. The summed E-state index contributed by atoms with van der Waals surface area (Å²) in [5.41, 5.74) is 5.96. The Morgan fingerprint density at radius 1 is 0.939 bits per heavy atom. The summed E-state index contributed by atoms with van der Waals surface area (Å²) >= 11 is 0. The van der Waals surface area contributed by atoms with Crippen LogP contribution in [0.1, 0.15) is 113 Å². The van der Waals surface area contributed by atoms with E-state index < -0.39 is 0 Å². The largest absolute Gasteiger partial charge is 0.469 e. The van der Waals surface area contributed by atoms with Crippen LogP contribution in [0.2, 0.25) is 0 Å². The van der Waals surface area contributed by atoms with Gasteiger partial charge in [-0.25, -0.2) is 0 Å². The lowest BCUT2D eigenvalue weighted by Crippen LogP contribution is -2.61. The average Bonchev–Trinajstić information content (AvgIpc) is 3.10. The molecule has 0 aromatic heterocycles. The molecule has 0 heterocycles. The first kappa shape index (κ1) is 23.7. The zero-order valence-corrected chi connectivity index (χ0v) is 22.7. The summed E-state index contributed by atoms with van der Waals surface area (Å²) in [4.78, 5) is 13.3. The minimum Gasteiger partial charge on any atom is -0.469 e. The van der Waals surface area contributed by atoms with Gasteiger partial charge in [-0.1, -0.05) is 57.4 Å². The molecule has 4 fully saturated rings. The molecular weight excluding hydrogens is 404 g/mol. The lowest BCUT2D eigenvalue weighted by Gasteiger charge is -2.68. The number of fused-ring (bicyclic) bond motifs is 7. The van der Waals surface area contributed by atoms with Crippen molar-refractivity contribution in [1.29, 1.82) is 0 Å². The van der Waals surface area contributed by atoms with Crippen LogP contribution in [0.5, 0.6) is 0 Å². The highest BCUT2D eigenvalue weighted by molar-refractivity contribution is 5.78. The monoisotopic (exact) mass is 452 g/mol. The molecule has 0 aromatic carbocycles. The second-order valence-electron chi connectivity index (χ2n) is 14.4. The zero-order valence-electron chi connectivity index (χ0n) is 22.7. The summed E-state index contributed by atoms with van der Waals surface area (Å²) in [5.74, 6) is 1.95. The number of rotatable bonds is 1. The normalized spacial score (nSPS) is 48.1. The third kappa shape index (κ3) is 2.94. The summed E-state index contributed by atoms with van der Waals surface area (Å²) in [6, 6.07) is 0. The van der Waals surface area contributed by atoms with E-state index in [4.69, 9.17) is 4.74 Å². The standard InChI is InChI=1S/C31H48O2/c1-20(2)21-11-13-28(5)22(21)12-14-30(7)25(28)10-9-23-24-19-27(3,4)15-17-31(24,26(32)33-8)18-16-29(23,30)6/h9,22,24-25H,10-19H2,1-8H3. The van der Waals surface area contributed by atoms with Crippen molar-refractivity contribution in [3.05, 3.63) is 22.8 Å². The molecular formula is C31H48O2. The van der Waals surface area contributed by atoms with Crippen LogP contribution in [0, 0.1) is 44.8 Å². The molecule has 33 heavy (non-hydrogen) atoms. The maximum absolute atomic E-state index is 13.3. The minimum absolute atomic E-state index is 0.0675. The molecule has 0 aliphatic heterocycles. The van der Waals surface area contributed by atoms with Gasteiger partial charge in [0.05, 0.1) is 12.5 Å². The summed E-state index contributed by atoms with van der Waals surface area (Å²) in [6.07, 6.45) is 14.7. The molecule has 2 heteroatoms. The highest BCUT2D eigenvalue weighted by Gasteiger charge is 2.68. The van der Waals surface area contributed by atoms with E-state index >= 15 is 0 Å². The Labute approximate surface area is 203 Å². The number of methoxy groups -OCH3 is 1. The van der Waals surface area contributed by atoms with Crippen LogP contribution in [0.4, 0.5) is 0 Å². The third-order valence-corrected chi connectivity index (χ3v) is 12.5. The van der Waals surface area contributed by atoms with Crippen LogP contribution < -0.4 is 0 Å². The number of ether oxygens (including phenoxy) is 1. The molecule has 0 aromatic rings. The van der Waals surface area contributed by atoms with Crippen LogP contribution in [0.15, 0.2) is 22.8 Å². The Morgan fingerprint density at radius 2 is 1.64 bits per heavy atom. The fraction of sp³-hybridized carbons (Fsp3) is 0.839. The van der Waals surface area contributed by atoms with Gasteiger partial charge in [0.25, 0.3) is 0 Å². The maximum atomic E-state index is 13.3. The maximum Gasteiger partial charge on any atom is 0.312 e. The third-order valence-electron chi connectivity index (χ3n) is 12.5. The molecule has 2 nitrogen and oxygen atoms in total. The van der Waals surface area contributed by atoms with Gasteiger partial charge in [0.1, 0.15) is 0 Å². The molecule has 7 unspecified atom stereocenters. The van der Waals surface area contributed by atoms with E-state index in [0.29, 0.717) is 22.2 Å². The molecule has 0 radical (unpaired) electrons. The topological polar surface area (TPSA) is 26.3 Å². The van der Waals surface area contributed by atoms with Gasteiger partial charge in [-0.15, -0.1) is 0 Å². The summed E-state index contributed by atoms with van der Waals surface area (Å²) < 4.78 is 5.50. The van der Waals surface area contributed by atoms with Gasteiger partial charge in [-0.3, -0.25) is 4.79 Å². The summed E-state index contributed by atoms with van der Waals surface area (Å²) in [5, 5.41) is 0. The van der Waals surface area contributed by atoms with E-state index in [2.05, 4.69) is 54.5 Å². The molecule has 4 saturated carbocycles. The second-order valence-corrected chi connectivity index (χ2v) is 14.4. The van der Waals surface area contributed by atoms with Crippen molar-refractivity contribution in [2.24, 2.45) is 44.8 Å². The van der Waals surface area contributed by atoms with Crippen molar-refractivity contribution >= 4 is 5.97 Å². The summed E-state index contributed by atoms with van der Waals surface area (Å²) in [7, 11) is 1.61. The van der Waals surface area contributed by atoms with Gasteiger partial charge in [-0.2, -0.15) is 0 Å². The van der Waals surface area contributed by atoms with Gasteiger partial charge < -0.3 is 4.74 Å². The van der Waals surface area contributed by atoms with E-state index in [1.165, 1.54) is 32.1 Å². The van der Waals surface area contributed by atoms with Crippen molar-refractivity contribution in [3.8, 4) is 0 Å². The second kappa shape index (κ2) is 7.23.